The molecule has 2 aromatic rings. The topological polar surface area (TPSA) is 56.5 Å². The molecule has 4 heteroatoms. The Morgan fingerprint density at radius 2 is 1.87 bits per heavy atom. The maximum absolute atomic E-state index is 12.9. The molecule has 4 nitrogen and oxygen atoms in total. The van der Waals surface area contributed by atoms with E-state index in [4.69, 9.17) is 0 Å². The Balaban J connectivity index is 1.74. The van der Waals surface area contributed by atoms with Crippen molar-refractivity contribution in [2.24, 2.45) is 11.0 Å². The van der Waals surface area contributed by atoms with Gasteiger partial charge >= 0.3 is 0 Å². The standard InChI is InChI=1S/C19H15N3O/c20-11-15-10-17(19(23)13-6-2-1-3-7-13)22-18(15)16-9-5-4-8-14(16)12-21-22/h1-9,12,15,17-18H,10H2/t15-,17+,18+/m1/s1. The van der Waals surface area contributed by atoms with Gasteiger partial charge in [-0.1, -0.05) is 54.6 Å². The van der Waals surface area contributed by atoms with Crippen molar-refractivity contribution in [3.8, 4) is 6.07 Å². The number of rotatable bonds is 2. The molecule has 0 spiro atoms. The highest BCUT2D eigenvalue weighted by atomic mass is 16.1. The number of benzene rings is 2. The van der Waals surface area contributed by atoms with Crippen molar-refractivity contribution < 1.29 is 4.79 Å². The number of fused-ring (bicyclic) bond motifs is 3. The summed E-state index contributed by atoms with van der Waals surface area (Å²) < 4.78 is 0. The zero-order valence-corrected chi connectivity index (χ0v) is 12.5. The van der Waals surface area contributed by atoms with Crippen LogP contribution < -0.4 is 0 Å². The maximum Gasteiger partial charge on any atom is 0.186 e. The third-order valence-electron chi connectivity index (χ3n) is 4.63. The summed E-state index contributed by atoms with van der Waals surface area (Å²) in [5, 5.41) is 15.9. The largest absolute Gasteiger partial charge is 0.292 e. The van der Waals surface area contributed by atoms with Crippen LogP contribution in [0.15, 0.2) is 59.7 Å². The lowest BCUT2D eigenvalue weighted by molar-refractivity contribution is 0.0834. The minimum absolute atomic E-state index is 0.0323. The molecule has 0 unspecified atom stereocenters. The van der Waals surface area contributed by atoms with Crippen LogP contribution in [0.3, 0.4) is 0 Å². The number of hydrogen-bond donors (Lipinski definition) is 0. The van der Waals surface area contributed by atoms with Crippen LogP contribution >= 0.6 is 0 Å². The van der Waals surface area contributed by atoms with Crippen molar-refractivity contribution in [1.29, 1.82) is 5.26 Å². The van der Waals surface area contributed by atoms with E-state index in [9.17, 15) is 10.1 Å². The van der Waals surface area contributed by atoms with Crippen molar-refractivity contribution in [2.45, 2.75) is 18.5 Å². The van der Waals surface area contributed by atoms with Gasteiger partial charge in [0.15, 0.2) is 5.78 Å². The first-order valence-corrected chi connectivity index (χ1v) is 7.69. The van der Waals surface area contributed by atoms with Crippen molar-refractivity contribution in [2.75, 3.05) is 0 Å². The Labute approximate surface area is 134 Å². The Bertz CT molecular complexity index is 822. The number of hydrogen-bond acceptors (Lipinski definition) is 4. The molecule has 2 aromatic carbocycles. The van der Waals surface area contributed by atoms with Gasteiger partial charge in [0, 0.05) is 5.56 Å². The Kier molecular flexibility index (Phi) is 3.20. The molecule has 1 saturated heterocycles. The molecule has 4 rings (SSSR count). The number of hydrazone groups is 1. The normalized spacial score (nSPS) is 24.7. The second-order valence-electron chi connectivity index (χ2n) is 5.92. The van der Waals surface area contributed by atoms with E-state index in [-0.39, 0.29) is 23.8 Å². The lowest BCUT2D eigenvalue weighted by Crippen LogP contribution is -2.36. The lowest BCUT2D eigenvalue weighted by Gasteiger charge is -2.31. The van der Waals surface area contributed by atoms with Gasteiger partial charge in [-0.05, 0) is 17.5 Å². The van der Waals surface area contributed by atoms with Gasteiger partial charge in [0.2, 0.25) is 0 Å². The average molecular weight is 301 g/mol. The number of carbonyl (C=O) groups excluding carboxylic acids is 1. The highest BCUT2D eigenvalue weighted by Gasteiger charge is 2.46. The predicted octanol–water partition coefficient (Wildman–Crippen LogP) is 3.17. The van der Waals surface area contributed by atoms with Crippen LogP contribution in [0.5, 0.6) is 0 Å². The van der Waals surface area contributed by atoms with E-state index in [1.54, 1.807) is 6.21 Å². The fourth-order valence-corrected chi connectivity index (χ4v) is 3.54. The summed E-state index contributed by atoms with van der Waals surface area (Å²) in [6.07, 6.45) is 2.30. The minimum Gasteiger partial charge on any atom is -0.292 e. The van der Waals surface area contributed by atoms with Crippen molar-refractivity contribution in [1.82, 2.24) is 5.01 Å². The van der Waals surface area contributed by atoms with E-state index in [0.29, 0.717) is 12.0 Å². The number of nitriles is 1. The predicted molar refractivity (Wildman–Crippen MR) is 86.9 cm³/mol. The van der Waals surface area contributed by atoms with Gasteiger partial charge < -0.3 is 0 Å². The molecule has 2 aliphatic rings. The first-order valence-electron chi connectivity index (χ1n) is 7.69. The SMILES string of the molecule is N#C[C@H]1C[C@@H](C(=O)c2ccccc2)N2N=Cc3ccccc3[C@H]12. The van der Waals surface area contributed by atoms with Crippen LogP contribution in [0.4, 0.5) is 0 Å². The molecule has 2 heterocycles. The van der Waals surface area contributed by atoms with E-state index < -0.39 is 0 Å². The first kappa shape index (κ1) is 13.7. The zero-order chi connectivity index (χ0) is 15.8. The minimum atomic E-state index is -0.378. The van der Waals surface area contributed by atoms with Gasteiger partial charge in [-0.2, -0.15) is 10.4 Å². The van der Waals surface area contributed by atoms with Gasteiger partial charge in [-0.15, -0.1) is 0 Å². The third kappa shape index (κ3) is 2.13. The second-order valence-corrected chi connectivity index (χ2v) is 5.92. The third-order valence-corrected chi connectivity index (χ3v) is 4.63. The molecule has 0 radical (unpaired) electrons. The van der Waals surface area contributed by atoms with Crippen LogP contribution in [-0.2, 0) is 0 Å². The quantitative estimate of drug-likeness (QED) is 0.801. The van der Waals surface area contributed by atoms with Gasteiger partial charge in [0.25, 0.3) is 0 Å². The van der Waals surface area contributed by atoms with Crippen LogP contribution in [0.1, 0.15) is 33.9 Å². The van der Waals surface area contributed by atoms with E-state index in [1.807, 2.05) is 59.6 Å². The fourth-order valence-electron chi connectivity index (χ4n) is 3.54. The van der Waals surface area contributed by atoms with Gasteiger partial charge in [-0.25, -0.2) is 0 Å². The van der Waals surface area contributed by atoms with Gasteiger partial charge in [-0.3, -0.25) is 9.80 Å². The Morgan fingerprint density at radius 3 is 2.65 bits per heavy atom. The first-order chi connectivity index (χ1) is 11.3. The maximum atomic E-state index is 12.9. The summed E-state index contributed by atoms with van der Waals surface area (Å²) in [5.41, 5.74) is 2.78. The molecular formula is C19H15N3O. The van der Waals surface area contributed by atoms with Crippen LogP contribution in [0.2, 0.25) is 0 Å². The van der Waals surface area contributed by atoms with Gasteiger partial charge in [0.1, 0.15) is 6.04 Å². The molecule has 0 N–H and O–H groups in total. The average Bonchev–Trinajstić information content (AvgIpc) is 3.01. The molecule has 0 saturated carbocycles. The summed E-state index contributed by atoms with van der Waals surface area (Å²) in [4.78, 5) is 12.9. The molecule has 0 amide bonds. The van der Waals surface area contributed by atoms with Crippen LogP contribution in [0, 0.1) is 17.2 Å². The molecular weight excluding hydrogens is 286 g/mol. The number of ketones is 1. The van der Waals surface area contributed by atoms with Crippen LogP contribution in [-0.4, -0.2) is 23.0 Å². The summed E-state index contributed by atoms with van der Waals surface area (Å²) in [6, 6.07) is 19.0. The molecule has 23 heavy (non-hydrogen) atoms. The smallest absolute Gasteiger partial charge is 0.186 e. The van der Waals surface area contributed by atoms with E-state index >= 15 is 0 Å². The highest BCUT2D eigenvalue weighted by molar-refractivity contribution is 6.00. The van der Waals surface area contributed by atoms with Gasteiger partial charge in [0.05, 0.1) is 24.2 Å². The lowest BCUT2D eigenvalue weighted by atomic mass is 9.91. The monoisotopic (exact) mass is 301 g/mol. The van der Waals surface area contributed by atoms with Crippen molar-refractivity contribution in [3.05, 3.63) is 71.3 Å². The Hall–Kier alpha value is -2.93. The molecule has 1 fully saturated rings. The zero-order valence-electron chi connectivity index (χ0n) is 12.5. The van der Waals surface area contributed by atoms with Crippen molar-refractivity contribution in [3.63, 3.8) is 0 Å². The summed E-state index contributed by atoms with van der Waals surface area (Å²) in [7, 11) is 0. The van der Waals surface area contributed by atoms with Crippen LogP contribution in [0.25, 0.3) is 0 Å². The van der Waals surface area contributed by atoms with E-state index in [1.165, 1.54) is 0 Å². The van der Waals surface area contributed by atoms with Crippen molar-refractivity contribution >= 4 is 12.0 Å². The molecule has 0 aliphatic carbocycles. The Morgan fingerprint density at radius 1 is 1.13 bits per heavy atom. The number of nitrogens with zero attached hydrogens (tertiary/aromatic N) is 3. The number of Topliss-reactive ketones (excluding diaryl/α,β-unsaturated/α-hetero) is 1. The number of carbonyl (C=O) groups is 1. The van der Waals surface area contributed by atoms with E-state index in [0.717, 1.165) is 11.1 Å². The molecule has 3 atom stereocenters. The van der Waals surface area contributed by atoms with E-state index in [2.05, 4.69) is 11.2 Å². The summed E-state index contributed by atoms with van der Waals surface area (Å²) >= 11 is 0. The molecule has 0 bridgehead atoms. The molecule has 112 valence electrons. The summed E-state index contributed by atoms with van der Waals surface area (Å²) in [6.45, 7) is 0. The highest BCUT2D eigenvalue weighted by Crippen LogP contribution is 2.44. The fraction of sp³-hybridized carbons (Fsp3) is 0.211. The summed E-state index contributed by atoms with van der Waals surface area (Å²) in [5.74, 6) is -0.198. The second kappa shape index (κ2) is 5.36. The molecule has 2 aliphatic heterocycles. The molecule has 0 aromatic heterocycles.